The summed E-state index contributed by atoms with van der Waals surface area (Å²) in [5.41, 5.74) is 5.86. The second kappa shape index (κ2) is 7.97. The first-order chi connectivity index (χ1) is 12.3. The summed E-state index contributed by atoms with van der Waals surface area (Å²) in [5.74, 6) is -0.609. The molecule has 2 aromatic rings. The highest BCUT2D eigenvalue weighted by atomic mass is 16.6. The summed E-state index contributed by atoms with van der Waals surface area (Å²) < 4.78 is 10.4. The van der Waals surface area contributed by atoms with E-state index in [4.69, 9.17) is 15.2 Å². The number of ether oxygens (including phenoxy) is 2. The zero-order valence-corrected chi connectivity index (χ0v) is 14.1. The Bertz CT molecular complexity index is 866. The number of carbonyl (C=O) groups is 2. The van der Waals surface area contributed by atoms with E-state index >= 15 is 0 Å². The smallest absolute Gasteiger partial charge is 0.273 e. The van der Waals surface area contributed by atoms with Crippen LogP contribution in [0.15, 0.2) is 36.4 Å². The predicted octanol–water partition coefficient (Wildman–Crippen LogP) is 2.03. The molecule has 2 rings (SSSR count). The van der Waals surface area contributed by atoms with Gasteiger partial charge in [0, 0.05) is 28.9 Å². The lowest BCUT2D eigenvalue weighted by molar-refractivity contribution is -0.385. The lowest BCUT2D eigenvalue weighted by atomic mass is 10.1. The third-order valence-corrected chi connectivity index (χ3v) is 3.46. The molecule has 0 saturated heterocycles. The van der Waals surface area contributed by atoms with E-state index in [-0.39, 0.29) is 23.6 Å². The number of nitro groups is 1. The van der Waals surface area contributed by atoms with Gasteiger partial charge in [0.05, 0.1) is 12.0 Å². The third-order valence-electron chi connectivity index (χ3n) is 3.46. The number of nitro benzene ring substituents is 1. The molecule has 0 saturated carbocycles. The molecule has 26 heavy (non-hydrogen) atoms. The number of amides is 2. The van der Waals surface area contributed by atoms with Crippen LogP contribution < -0.4 is 20.5 Å². The Kier molecular flexibility index (Phi) is 5.74. The molecule has 0 unspecified atom stereocenters. The minimum Gasteiger partial charge on any atom is -0.493 e. The number of primary amides is 1. The van der Waals surface area contributed by atoms with Crippen LogP contribution in [0.1, 0.15) is 15.9 Å². The van der Waals surface area contributed by atoms with Gasteiger partial charge >= 0.3 is 0 Å². The Labute approximate surface area is 148 Å². The fraction of sp³-hybridized carbons (Fsp3) is 0.176. The van der Waals surface area contributed by atoms with Crippen LogP contribution in [0.25, 0.3) is 0 Å². The summed E-state index contributed by atoms with van der Waals surface area (Å²) in [5, 5.41) is 13.6. The zero-order valence-electron chi connectivity index (χ0n) is 14.1. The highest BCUT2D eigenvalue weighted by Crippen LogP contribution is 2.30. The van der Waals surface area contributed by atoms with Crippen LogP contribution >= 0.6 is 0 Å². The number of anilines is 1. The van der Waals surface area contributed by atoms with Crippen molar-refractivity contribution in [2.24, 2.45) is 5.73 Å². The summed E-state index contributed by atoms with van der Waals surface area (Å²) in [6.45, 7) is 1.24. The predicted molar refractivity (Wildman–Crippen MR) is 93.5 cm³/mol. The van der Waals surface area contributed by atoms with Crippen LogP contribution in [0, 0.1) is 17.0 Å². The molecule has 0 atom stereocenters. The van der Waals surface area contributed by atoms with E-state index in [0.717, 1.165) is 0 Å². The molecule has 0 aliphatic heterocycles. The van der Waals surface area contributed by atoms with Gasteiger partial charge in [-0.1, -0.05) is 6.07 Å². The fourth-order valence-corrected chi connectivity index (χ4v) is 2.17. The Morgan fingerprint density at radius 2 is 1.92 bits per heavy atom. The summed E-state index contributed by atoms with van der Waals surface area (Å²) in [6, 6.07) is 8.77. The molecule has 0 aliphatic carbocycles. The van der Waals surface area contributed by atoms with Crippen molar-refractivity contribution in [3.05, 3.63) is 57.6 Å². The molecular weight excluding hydrogens is 342 g/mol. The van der Waals surface area contributed by atoms with Crippen LogP contribution in [0.3, 0.4) is 0 Å². The molecule has 0 spiro atoms. The van der Waals surface area contributed by atoms with Crippen molar-refractivity contribution < 1.29 is 24.0 Å². The van der Waals surface area contributed by atoms with Gasteiger partial charge in [-0.25, -0.2) is 0 Å². The van der Waals surface area contributed by atoms with Crippen LogP contribution in [-0.4, -0.2) is 30.5 Å². The van der Waals surface area contributed by atoms with E-state index in [0.29, 0.717) is 17.0 Å². The summed E-state index contributed by atoms with van der Waals surface area (Å²) in [6.07, 6.45) is 0. The van der Waals surface area contributed by atoms with Crippen LogP contribution in [0.5, 0.6) is 11.5 Å². The average molecular weight is 359 g/mol. The van der Waals surface area contributed by atoms with Gasteiger partial charge < -0.3 is 20.5 Å². The van der Waals surface area contributed by atoms with Gasteiger partial charge in [-0.2, -0.15) is 0 Å². The van der Waals surface area contributed by atoms with Crippen molar-refractivity contribution in [3.8, 4) is 11.5 Å². The van der Waals surface area contributed by atoms with E-state index in [1.165, 1.54) is 31.4 Å². The highest BCUT2D eigenvalue weighted by Gasteiger charge is 2.16. The van der Waals surface area contributed by atoms with Crippen molar-refractivity contribution in [1.82, 2.24) is 0 Å². The van der Waals surface area contributed by atoms with Crippen molar-refractivity contribution >= 4 is 23.2 Å². The van der Waals surface area contributed by atoms with Gasteiger partial charge in [-0.05, 0) is 25.1 Å². The number of hydrogen-bond donors (Lipinski definition) is 2. The third kappa shape index (κ3) is 4.47. The number of aryl methyl sites for hydroxylation is 1. The van der Waals surface area contributed by atoms with E-state index in [1.54, 1.807) is 19.1 Å². The maximum Gasteiger partial charge on any atom is 0.273 e. The van der Waals surface area contributed by atoms with Crippen molar-refractivity contribution in [2.45, 2.75) is 6.92 Å². The first kappa shape index (κ1) is 18.7. The maximum absolute atomic E-state index is 12.4. The summed E-state index contributed by atoms with van der Waals surface area (Å²) in [7, 11) is 1.43. The molecule has 0 aromatic heterocycles. The first-order valence-electron chi connectivity index (χ1n) is 7.47. The zero-order chi connectivity index (χ0) is 19.3. The largest absolute Gasteiger partial charge is 0.493 e. The molecule has 3 N–H and O–H groups in total. The molecule has 0 radical (unpaired) electrons. The van der Waals surface area contributed by atoms with Crippen molar-refractivity contribution in [1.29, 1.82) is 0 Å². The molecule has 2 aromatic carbocycles. The molecule has 0 heterocycles. The number of hydrogen-bond acceptors (Lipinski definition) is 6. The first-order valence-corrected chi connectivity index (χ1v) is 7.47. The van der Waals surface area contributed by atoms with Gasteiger partial charge in [0.1, 0.15) is 0 Å². The van der Waals surface area contributed by atoms with E-state index < -0.39 is 16.7 Å². The van der Waals surface area contributed by atoms with E-state index in [9.17, 15) is 19.7 Å². The normalized spacial score (nSPS) is 10.1. The molecule has 136 valence electrons. The fourth-order valence-electron chi connectivity index (χ4n) is 2.17. The Balaban J connectivity index is 2.23. The molecule has 2 amide bonds. The summed E-state index contributed by atoms with van der Waals surface area (Å²) >= 11 is 0. The maximum atomic E-state index is 12.4. The monoisotopic (exact) mass is 359 g/mol. The number of nitrogens with one attached hydrogen (secondary N) is 1. The molecule has 9 nitrogen and oxygen atoms in total. The lowest BCUT2D eigenvalue weighted by Crippen LogP contribution is -2.20. The number of nitrogens with two attached hydrogens (primary N) is 1. The molecular formula is C17H17N3O6. The van der Waals surface area contributed by atoms with Crippen LogP contribution in [-0.2, 0) is 4.79 Å². The van der Waals surface area contributed by atoms with Gasteiger partial charge in [-0.3, -0.25) is 19.7 Å². The standard InChI is InChI=1S/C17H17N3O6/c1-10-3-4-11(7-13(10)20(23)24)17(22)19-12-5-6-14(25-2)15(8-12)26-9-16(18)21/h3-8H,9H2,1-2H3,(H2,18,21)(H,19,22). The number of rotatable bonds is 7. The number of methoxy groups -OCH3 is 1. The van der Waals surface area contributed by atoms with E-state index in [1.807, 2.05) is 0 Å². The van der Waals surface area contributed by atoms with Crippen molar-refractivity contribution in [3.63, 3.8) is 0 Å². The highest BCUT2D eigenvalue weighted by molar-refractivity contribution is 6.04. The minimum absolute atomic E-state index is 0.137. The second-order valence-electron chi connectivity index (χ2n) is 5.33. The number of nitrogens with zero attached hydrogens (tertiary/aromatic N) is 1. The SMILES string of the molecule is COc1ccc(NC(=O)c2ccc(C)c([N+](=O)[O-])c2)cc1OCC(N)=O. The number of benzene rings is 2. The van der Waals surface area contributed by atoms with Crippen molar-refractivity contribution in [2.75, 3.05) is 19.0 Å². The quantitative estimate of drug-likeness (QED) is 0.574. The Morgan fingerprint density at radius 1 is 1.19 bits per heavy atom. The molecule has 9 heteroatoms. The summed E-state index contributed by atoms with van der Waals surface area (Å²) in [4.78, 5) is 33.7. The van der Waals surface area contributed by atoms with Gasteiger partial charge in [-0.15, -0.1) is 0 Å². The average Bonchev–Trinajstić information content (AvgIpc) is 2.60. The second-order valence-corrected chi connectivity index (χ2v) is 5.33. The molecule has 0 aliphatic rings. The van der Waals surface area contributed by atoms with Gasteiger partial charge in [0.25, 0.3) is 17.5 Å². The lowest BCUT2D eigenvalue weighted by Gasteiger charge is -2.12. The Morgan fingerprint density at radius 3 is 2.54 bits per heavy atom. The van der Waals surface area contributed by atoms with Gasteiger partial charge in [0.2, 0.25) is 0 Å². The minimum atomic E-state index is -0.659. The molecule has 0 fully saturated rings. The topological polar surface area (TPSA) is 134 Å². The molecule has 0 bridgehead atoms. The number of carbonyl (C=O) groups excluding carboxylic acids is 2. The van der Waals surface area contributed by atoms with Gasteiger partial charge in [0.15, 0.2) is 18.1 Å². The van der Waals surface area contributed by atoms with E-state index in [2.05, 4.69) is 5.32 Å². The van der Waals surface area contributed by atoms with Crippen LogP contribution in [0.4, 0.5) is 11.4 Å². The Hall–Kier alpha value is -3.62. The van der Waals surface area contributed by atoms with Crippen LogP contribution in [0.2, 0.25) is 0 Å².